The Labute approximate surface area is 315 Å². The Morgan fingerprint density at radius 2 is 1.73 bits per heavy atom. The fourth-order valence-corrected chi connectivity index (χ4v) is 6.80. The van der Waals surface area contributed by atoms with Gasteiger partial charge >= 0.3 is 12.1 Å². The van der Waals surface area contributed by atoms with Crippen LogP contribution < -0.4 is 5.32 Å². The molecule has 0 fully saturated rings. The minimum absolute atomic E-state index is 0.147. The van der Waals surface area contributed by atoms with E-state index in [1.165, 1.54) is 18.4 Å². The van der Waals surface area contributed by atoms with E-state index >= 15 is 0 Å². The first-order valence-corrected chi connectivity index (χ1v) is 19.0. The van der Waals surface area contributed by atoms with Gasteiger partial charge in [0.25, 0.3) is 0 Å². The van der Waals surface area contributed by atoms with Crippen LogP contribution in [0.5, 0.6) is 0 Å². The molecule has 1 aliphatic heterocycles. The number of methoxy groups -OCH3 is 1. The minimum Gasteiger partial charge on any atom is -0.452 e. The first-order valence-electron chi connectivity index (χ1n) is 18.1. The molecule has 1 aliphatic rings. The molecule has 2 heterocycles. The summed E-state index contributed by atoms with van der Waals surface area (Å²) in [6.45, 7) is 19.6. The molecule has 8 atom stereocenters. The molecule has 288 valence electrons. The maximum absolute atomic E-state index is 13.6. The van der Waals surface area contributed by atoms with E-state index in [4.69, 9.17) is 19.2 Å². The number of esters is 1. The van der Waals surface area contributed by atoms with Crippen LogP contribution in [-0.2, 0) is 19.0 Å². The number of aromatic nitrogens is 1. The van der Waals surface area contributed by atoms with E-state index in [0.29, 0.717) is 29.1 Å². The van der Waals surface area contributed by atoms with Gasteiger partial charge in [-0.1, -0.05) is 106 Å². The molecule has 9 nitrogen and oxygen atoms in total. The maximum Gasteiger partial charge on any atom is 0.407 e. The van der Waals surface area contributed by atoms with E-state index in [1.54, 1.807) is 20.1 Å². The number of carbonyl (C=O) groups is 2. The van der Waals surface area contributed by atoms with Crippen molar-refractivity contribution in [3.05, 3.63) is 98.6 Å². The number of hydrogen-bond acceptors (Lipinski definition) is 9. The van der Waals surface area contributed by atoms with Crippen molar-refractivity contribution in [2.45, 2.75) is 113 Å². The second-order valence-electron chi connectivity index (χ2n) is 14.5. The standard InChI is InChI=1S/C42H62N2O7S/c1-25(2)20-37(50-42(48)43-11)40-44-34(24-52-40)39-30(7)15-13-14-29(6)38(49-12)33(10)35(45)19-17-26(3)21-28(5)22-32(9)36(46)23-27(4)16-18-31(8)41(47)51-39/h13-15,17-19,21-25,30,32-33,35-39,45-46H,16,20H2,1-12H3,(H,43,48)/b15-13+,19-17+,26-21+,27-23+,28-22-,29-14+,31-18+/t30-,32-,33-,35-,36-,37+,38+,39-/m1/s1. The number of thiazole rings is 1. The topological polar surface area (TPSA) is 127 Å². The Bertz CT molecular complexity index is 1550. The fraction of sp³-hybridized carbons (Fsp3) is 0.548. The van der Waals surface area contributed by atoms with Gasteiger partial charge in [0, 0.05) is 42.9 Å². The Balaban J connectivity index is 2.60. The molecule has 1 aromatic heterocycles. The Morgan fingerprint density at radius 1 is 1.04 bits per heavy atom. The molecule has 1 aromatic rings. The van der Waals surface area contributed by atoms with Gasteiger partial charge in [0.05, 0.1) is 24.0 Å². The number of alkyl carbamates (subject to hydrolysis) is 1. The fourth-order valence-electron chi connectivity index (χ4n) is 5.92. The highest BCUT2D eigenvalue weighted by Crippen LogP contribution is 2.34. The normalized spacial score (nSPS) is 33.2. The predicted octanol–water partition coefficient (Wildman–Crippen LogP) is 9.06. The summed E-state index contributed by atoms with van der Waals surface area (Å²) in [5, 5.41) is 27.0. The average molecular weight is 739 g/mol. The van der Waals surface area contributed by atoms with Gasteiger partial charge in [0.1, 0.15) is 5.01 Å². The van der Waals surface area contributed by atoms with Crippen molar-refractivity contribution in [2.75, 3.05) is 14.2 Å². The lowest BCUT2D eigenvalue weighted by molar-refractivity contribution is -0.146. The van der Waals surface area contributed by atoms with Crippen LogP contribution in [0.4, 0.5) is 4.79 Å². The highest BCUT2D eigenvalue weighted by atomic mass is 32.1. The van der Waals surface area contributed by atoms with Crippen LogP contribution in [0.1, 0.15) is 105 Å². The van der Waals surface area contributed by atoms with Gasteiger partial charge in [-0.3, -0.25) is 0 Å². The molecule has 0 saturated carbocycles. The van der Waals surface area contributed by atoms with E-state index in [1.807, 2.05) is 102 Å². The van der Waals surface area contributed by atoms with Crippen molar-refractivity contribution in [3.63, 3.8) is 0 Å². The SMILES string of the molecule is CNC(=O)O[C@@H](CC(C)C)c1nc([C@@H]2OC(=O)/C(C)=C/C/C(C)=C/[C@@H](O)[C@H](C)\C=C(C)/C=C(C)/C=C/[C@@H](O)[C@@H](C)[C@@H](OC)/C(C)=C/C=C/[C@H]2C)cs1. The first-order chi connectivity index (χ1) is 24.5. The third kappa shape index (κ3) is 14.5. The highest BCUT2D eigenvalue weighted by molar-refractivity contribution is 7.09. The second-order valence-corrected chi connectivity index (χ2v) is 15.4. The molecule has 0 unspecified atom stereocenters. The molecule has 0 spiro atoms. The molecule has 2 rings (SSSR count). The summed E-state index contributed by atoms with van der Waals surface area (Å²) < 4.78 is 17.7. The van der Waals surface area contributed by atoms with Crippen molar-refractivity contribution in [1.82, 2.24) is 10.3 Å². The molecule has 1 amide bonds. The van der Waals surface area contributed by atoms with Gasteiger partial charge < -0.3 is 29.7 Å². The largest absolute Gasteiger partial charge is 0.452 e. The van der Waals surface area contributed by atoms with Crippen molar-refractivity contribution in [1.29, 1.82) is 0 Å². The number of rotatable bonds is 6. The molecule has 0 aliphatic carbocycles. The number of nitrogens with zero attached hydrogens (tertiary/aromatic N) is 1. The number of nitrogens with one attached hydrogen (secondary N) is 1. The summed E-state index contributed by atoms with van der Waals surface area (Å²) in [7, 11) is 3.15. The average Bonchev–Trinajstić information content (AvgIpc) is 3.57. The van der Waals surface area contributed by atoms with Gasteiger partial charge in [0.2, 0.25) is 0 Å². The summed E-state index contributed by atoms with van der Waals surface area (Å²) in [6.07, 6.45) is 14.6. The lowest BCUT2D eigenvalue weighted by atomic mass is 9.91. The quantitative estimate of drug-likeness (QED) is 0.195. The van der Waals surface area contributed by atoms with E-state index in [0.717, 1.165) is 22.3 Å². The van der Waals surface area contributed by atoms with Crippen LogP contribution in [0.2, 0.25) is 0 Å². The second kappa shape index (κ2) is 21.8. The monoisotopic (exact) mass is 738 g/mol. The van der Waals surface area contributed by atoms with E-state index in [2.05, 4.69) is 19.2 Å². The summed E-state index contributed by atoms with van der Waals surface area (Å²) >= 11 is 1.37. The van der Waals surface area contributed by atoms with Crippen LogP contribution in [-0.4, -0.2) is 59.7 Å². The Hall–Kier alpha value is -3.57. The van der Waals surface area contributed by atoms with Gasteiger partial charge in [0.15, 0.2) is 12.2 Å². The van der Waals surface area contributed by atoms with Crippen molar-refractivity contribution in [3.8, 4) is 0 Å². The van der Waals surface area contributed by atoms with E-state index < -0.39 is 36.5 Å². The maximum atomic E-state index is 13.6. The molecule has 0 saturated heterocycles. The van der Waals surface area contributed by atoms with Crippen LogP contribution >= 0.6 is 11.3 Å². The third-order valence-corrected chi connectivity index (χ3v) is 9.99. The number of cyclic esters (lactones) is 1. The summed E-state index contributed by atoms with van der Waals surface area (Å²) in [5.41, 5.74) is 4.83. The van der Waals surface area contributed by atoms with Crippen LogP contribution in [0, 0.1) is 23.7 Å². The summed E-state index contributed by atoms with van der Waals surface area (Å²) in [4.78, 5) is 30.6. The van der Waals surface area contributed by atoms with E-state index in [-0.39, 0.29) is 29.8 Å². The molecular weight excluding hydrogens is 677 g/mol. The number of hydrogen-bond donors (Lipinski definition) is 3. The van der Waals surface area contributed by atoms with Crippen LogP contribution in [0.15, 0.2) is 87.9 Å². The smallest absolute Gasteiger partial charge is 0.407 e. The Morgan fingerprint density at radius 3 is 2.37 bits per heavy atom. The van der Waals surface area contributed by atoms with Gasteiger partial charge in [-0.25, -0.2) is 14.6 Å². The lowest BCUT2D eigenvalue weighted by Crippen LogP contribution is -2.30. The zero-order valence-corrected chi connectivity index (χ0v) is 34.0. The number of allylic oxidation sites excluding steroid dienone is 8. The van der Waals surface area contributed by atoms with Gasteiger partial charge in [-0.15, -0.1) is 11.3 Å². The molecule has 3 N–H and O–H groups in total. The molecule has 0 aromatic carbocycles. The van der Waals surface area contributed by atoms with Crippen molar-refractivity contribution < 1.29 is 34.0 Å². The molecule has 0 bridgehead atoms. The number of aliphatic hydroxyl groups is 2. The molecular formula is C42H62N2O7S. The third-order valence-electron chi connectivity index (χ3n) is 9.03. The van der Waals surface area contributed by atoms with Gasteiger partial charge in [-0.05, 0) is 59.0 Å². The predicted molar refractivity (Wildman–Crippen MR) is 211 cm³/mol. The van der Waals surface area contributed by atoms with Crippen LogP contribution in [0.25, 0.3) is 0 Å². The van der Waals surface area contributed by atoms with Crippen molar-refractivity contribution in [2.24, 2.45) is 23.7 Å². The number of ether oxygens (including phenoxy) is 3. The number of aliphatic hydroxyl groups excluding tert-OH is 2. The molecule has 10 heteroatoms. The minimum atomic E-state index is -0.755. The summed E-state index contributed by atoms with van der Waals surface area (Å²) in [5.74, 6) is -0.903. The number of amides is 1. The summed E-state index contributed by atoms with van der Waals surface area (Å²) in [6, 6.07) is 0. The van der Waals surface area contributed by atoms with Crippen LogP contribution in [0.3, 0.4) is 0 Å². The Kier molecular flexibility index (Phi) is 18.7. The zero-order valence-electron chi connectivity index (χ0n) is 33.2. The molecule has 52 heavy (non-hydrogen) atoms. The van der Waals surface area contributed by atoms with E-state index in [9.17, 15) is 19.8 Å². The number of carbonyl (C=O) groups excluding carboxylic acids is 2. The highest BCUT2D eigenvalue weighted by Gasteiger charge is 2.29. The van der Waals surface area contributed by atoms with Gasteiger partial charge in [-0.2, -0.15) is 0 Å². The zero-order chi connectivity index (χ0) is 39.1. The molecule has 0 radical (unpaired) electrons. The lowest BCUT2D eigenvalue weighted by Gasteiger charge is -2.26. The first kappa shape index (κ1) is 44.6. The van der Waals surface area contributed by atoms with Crippen molar-refractivity contribution >= 4 is 23.4 Å².